The van der Waals surface area contributed by atoms with E-state index in [0.29, 0.717) is 19.3 Å². The molecule has 0 aromatic carbocycles. The number of aliphatic carboxylic acids is 1. The summed E-state index contributed by atoms with van der Waals surface area (Å²) in [5, 5.41) is 11.5. The van der Waals surface area contributed by atoms with Crippen LogP contribution in [0.15, 0.2) is 0 Å². The first kappa shape index (κ1) is 15.9. The molecule has 0 spiro atoms. The molecule has 1 aliphatic rings. The normalized spacial score (nSPS) is 21.0. The Bertz CT molecular complexity index is 436. The molecule has 0 bridgehead atoms. The van der Waals surface area contributed by atoms with Gasteiger partial charge in [-0.2, -0.15) is 12.7 Å². The van der Waals surface area contributed by atoms with Gasteiger partial charge >= 0.3 is 5.97 Å². The van der Waals surface area contributed by atoms with Gasteiger partial charge in [-0.1, -0.05) is 0 Å². The molecule has 1 amide bonds. The van der Waals surface area contributed by atoms with E-state index in [1.165, 1.54) is 6.92 Å². The number of carboxylic acids is 1. The average Bonchev–Trinajstić information content (AvgIpc) is 2.34. The van der Waals surface area contributed by atoms with Crippen LogP contribution in [0.25, 0.3) is 0 Å². The highest BCUT2D eigenvalue weighted by atomic mass is 32.2. The first-order valence-electron chi connectivity index (χ1n) is 6.08. The van der Waals surface area contributed by atoms with Gasteiger partial charge in [0.05, 0.1) is 0 Å². The fourth-order valence-electron chi connectivity index (χ4n) is 1.94. The lowest BCUT2D eigenvalue weighted by Crippen LogP contribution is -2.52. The van der Waals surface area contributed by atoms with Gasteiger partial charge in [-0.3, -0.25) is 9.59 Å². The van der Waals surface area contributed by atoms with Gasteiger partial charge in [0.25, 0.3) is 10.2 Å². The van der Waals surface area contributed by atoms with Gasteiger partial charge in [0.1, 0.15) is 6.04 Å². The third-order valence-electron chi connectivity index (χ3n) is 2.83. The van der Waals surface area contributed by atoms with Crippen molar-refractivity contribution in [2.75, 3.05) is 19.6 Å². The van der Waals surface area contributed by atoms with Crippen LogP contribution in [0.2, 0.25) is 0 Å². The highest BCUT2D eigenvalue weighted by Gasteiger charge is 2.36. The standard InChI is InChI=1S/C10H19N3O5S/c1-8(14)11-5-6-12-19(17,18)13-7-3-2-4-9(13)10(15)16/h9,12H,2-7H2,1H3,(H,11,14)(H,15,16). The van der Waals surface area contributed by atoms with Gasteiger partial charge in [0, 0.05) is 26.6 Å². The van der Waals surface area contributed by atoms with E-state index >= 15 is 0 Å². The Morgan fingerprint density at radius 3 is 2.58 bits per heavy atom. The second-order valence-corrected chi connectivity index (χ2v) is 6.05. The number of nitrogens with one attached hydrogen (secondary N) is 2. The van der Waals surface area contributed by atoms with Gasteiger partial charge < -0.3 is 10.4 Å². The molecule has 110 valence electrons. The van der Waals surface area contributed by atoms with Crippen LogP contribution in [0.1, 0.15) is 26.2 Å². The van der Waals surface area contributed by atoms with E-state index < -0.39 is 22.2 Å². The van der Waals surface area contributed by atoms with E-state index in [4.69, 9.17) is 5.11 Å². The van der Waals surface area contributed by atoms with Gasteiger partial charge in [-0.05, 0) is 19.3 Å². The molecule has 9 heteroatoms. The number of piperidine rings is 1. The third kappa shape index (κ3) is 4.77. The van der Waals surface area contributed by atoms with Crippen molar-refractivity contribution in [3.05, 3.63) is 0 Å². The van der Waals surface area contributed by atoms with Crippen LogP contribution in [-0.4, -0.2) is 55.4 Å². The minimum absolute atomic E-state index is 0.0325. The molecule has 8 nitrogen and oxygen atoms in total. The van der Waals surface area contributed by atoms with Crippen LogP contribution in [0.3, 0.4) is 0 Å². The second kappa shape index (κ2) is 6.83. The Morgan fingerprint density at radius 1 is 1.32 bits per heavy atom. The first-order chi connectivity index (χ1) is 8.84. The first-order valence-corrected chi connectivity index (χ1v) is 7.52. The molecule has 1 unspecified atom stereocenters. The predicted octanol–water partition coefficient (Wildman–Crippen LogP) is -1.10. The van der Waals surface area contributed by atoms with Gasteiger partial charge in [0.15, 0.2) is 0 Å². The van der Waals surface area contributed by atoms with E-state index in [1.807, 2.05) is 0 Å². The topological polar surface area (TPSA) is 116 Å². The van der Waals surface area contributed by atoms with E-state index in [1.54, 1.807) is 0 Å². The molecule has 0 radical (unpaired) electrons. The number of hydrogen-bond donors (Lipinski definition) is 3. The largest absolute Gasteiger partial charge is 0.480 e. The summed E-state index contributed by atoms with van der Waals surface area (Å²) in [5.41, 5.74) is 0. The lowest BCUT2D eigenvalue weighted by molar-refractivity contribution is -0.142. The van der Waals surface area contributed by atoms with Gasteiger partial charge in [-0.25, -0.2) is 4.72 Å². The Kier molecular flexibility index (Phi) is 5.70. The fourth-order valence-corrected chi connectivity index (χ4v) is 3.37. The molecule has 1 fully saturated rings. The predicted molar refractivity (Wildman–Crippen MR) is 67.6 cm³/mol. The number of amides is 1. The Labute approximate surface area is 112 Å². The zero-order valence-corrected chi connectivity index (χ0v) is 11.6. The van der Waals surface area contributed by atoms with Crippen LogP contribution in [0, 0.1) is 0 Å². The van der Waals surface area contributed by atoms with E-state index in [-0.39, 0.29) is 25.5 Å². The van der Waals surface area contributed by atoms with Gasteiger partial charge in [0.2, 0.25) is 5.91 Å². The van der Waals surface area contributed by atoms with Crippen molar-refractivity contribution in [2.45, 2.75) is 32.2 Å². The summed E-state index contributed by atoms with van der Waals surface area (Å²) >= 11 is 0. The number of hydrogen-bond acceptors (Lipinski definition) is 4. The number of carboxylic acid groups (broad SMARTS) is 1. The Balaban J connectivity index is 2.59. The van der Waals surface area contributed by atoms with E-state index in [9.17, 15) is 18.0 Å². The smallest absolute Gasteiger partial charge is 0.322 e. The summed E-state index contributed by atoms with van der Waals surface area (Å²) in [7, 11) is -3.82. The van der Waals surface area contributed by atoms with Crippen LogP contribution in [0.5, 0.6) is 0 Å². The number of carbonyl (C=O) groups excluding carboxylic acids is 1. The van der Waals surface area contributed by atoms with Crippen LogP contribution in [-0.2, 0) is 19.8 Å². The number of carbonyl (C=O) groups is 2. The molecular formula is C10H19N3O5S. The molecule has 1 aliphatic heterocycles. The van der Waals surface area contributed by atoms with Crippen molar-refractivity contribution < 1.29 is 23.1 Å². The average molecular weight is 293 g/mol. The summed E-state index contributed by atoms with van der Waals surface area (Å²) in [6, 6.07) is -1.01. The highest BCUT2D eigenvalue weighted by molar-refractivity contribution is 7.87. The summed E-state index contributed by atoms with van der Waals surface area (Å²) in [6.45, 7) is 1.73. The molecule has 0 aromatic rings. The molecule has 1 rings (SSSR count). The zero-order chi connectivity index (χ0) is 14.5. The molecule has 3 N–H and O–H groups in total. The summed E-state index contributed by atoms with van der Waals surface area (Å²) in [5.74, 6) is -1.38. The molecule has 0 aromatic heterocycles. The minimum Gasteiger partial charge on any atom is -0.480 e. The van der Waals surface area contributed by atoms with Crippen molar-refractivity contribution >= 4 is 22.1 Å². The summed E-state index contributed by atoms with van der Waals surface area (Å²) < 4.78 is 27.2. The SMILES string of the molecule is CC(=O)NCCNS(=O)(=O)N1CCCCC1C(=O)O. The van der Waals surface area contributed by atoms with Gasteiger partial charge in [-0.15, -0.1) is 0 Å². The molecule has 19 heavy (non-hydrogen) atoms. The maximum Gasteiger partial charge on any atom is 0.322 e. The monoisotopic (exact) mass is 293 g/mol. The fraction of sp³-hybridized carbons (Fsp3) is 0.800. The van der Waals surface area contributed by atoms with Crippen molar-refractivity contribution in [2.24, 2.45) is 0 Å². The number of nitrogens with zero attached hydrogens (tertiary/aromatic N) is 1. The quantitative estimate of drug-likeness (QED) is 0.537. The lowest BCUT2D eigenvalue weighted by atomic mass is 10.1. The number of rotatable bonds is 6. The van der Waals surface area contributed by atoms with E-state index in [2.05, 4.69) is 10.0 Å². The summed E-state index contributed by atoms with van der Waals surface area (Å²) in [4.78, 5) is 21.7. The molecule has 1 saturated heterocycles. The molecule has 0 aliphatic carbocycles. The van der Waals surface area contributed by atoms with Crippen molar-refractivity contribution in [1.82, 2.24) is 14.3 Å². The Hall–Kier alpha value is -1.19. The molecule has 1 atom stereocenters. The van der Waals surface area contributed by atoms with Crippen molar-refractivity contribution in [1.29, 1.82) is 0 Å². The molecule has 0 saturated carbocycles. The second-order valence-electron chi connectivity index (χ2n) is 4.34. The van der Waals surface area contributed by atoms with Crippen LogP contribution < -0.4 is 10.0 Å². The zero-order valence-electron chi connectivity index (χ0n) is 10.8. The van der Waals surface area contributed by atoms with Crippen molar-refractivity contribution in [3.8, 4) is 0 Å². The minimum atomic E-state index is -3.82. The van der Waals surface area contributed by atoms with Crippen LogP contribution >= 0.6 is 0 Å². The van der Waals surface area contributed by atoms with Crippen LogP contribution in [0.4, 0.5) is 0 Å². The maximum absolute atomic E-state index is 12.0. The van der Waals surface area contributed by atoms with Crippen molar-refractivity contribution in [3.63, 3.8) is 0 Å². The summed E-state index contributed by atoms with van der Waals surface area (Å²) in [6.07, 6.45) is 1.67. The maximum atomic E-state index is 12.0. The van der Waals surface area contributed by atoms with E-state index in [0.717, 1.165) is 4.31 Å². The third-order valence-corrected chi connectivity index (χ3v) is 4.45. The highest BCUT2D eigenvalue weighted by Crippen LogP contribution is 2.19. The molecule has 1 heterocycles. The lowest BCUT2D eigenvalue weighted by Gasteiger charge is -2.31. The molecular weight excluding hydrogens is 274 g/mol. The Morgan fingerprint density at radius 2 is 2.00 bits per heavy atom.